The molecular formula is C23H25FN2O3. The van der Waals surface area contributed by atoms with Crippen molar-refractivity contribution in [3.8, 4) is 5.75 Å². The van der Waals surface area contributed by atoms with Gasteiger partial charge < -0.3 is 20.1 Å². The van der Waals surface area contributed by atoms with E-state index in [1.165, 1.54) is 6.07 Å². The second kappa shape index (κ2) is 7.52. The van der Waals surface area contributed by atoms with Crippen LogP contribution in [0.1, 0.15) is 30.4 Å². The second-order valence-electron chi connectivity index (χ2n) is 7.83. The molecule has 0 aliphatic carbocycles. The molecule has 2 aliphatic rings. The van der Waals surface area contributed by atoms with Gasteiger partial charge in [0, 0.05) is 32.5 Å². The van der Waals surface area contributed by atoms with Gasteiger partial charge in [-0.15, -0.1) is 0 Å². The minimum Gasteiger partial charge on any atom is -0.482 e. The monoisotopic (exact) mass is 396 g/mol. The van der Waals surface area contributed by atoms with Gasteiger partial charge >= 0.3 is 5.97 Å². The highest BCUT2D eigenvalue weighted by molar-refractivity contribution is 5.90. The molecule has 6 heteroatoms. The Bertz CT molecular complexity index is 978. The van der Waals surface area contributed by atoms with Crippen LogP contribution >= 0.6 is 0 Å². The van der Waals surface area contributed by atoms with E-state index < -0.39 is 11.6 Å². The van der Waals surface area contributed by atoms with Crippen molar-refractivity contribution in [3.05, 3.63) is 65.0 Å². The molecule has 2 heterocycles. The Morgan fingerprint density at radius 1 is 1.21 bits per heavy atom. The molecule has 5 nitrogen and oxygen atoms in total. The molecule has 4 rings (SSSR count). The van der Waals surface area contributed by atoms with Crippen LogP contribution in [0.5, 0.6) is 5.75 Å². The molecule has 0 unspecified atom stereocenters. The maximum Gasteiger partial charge on any atom is 0.307 e. The molecule has 0 saturated carbocycles. The number of benzene rings is 2. The van der Waals surface area contributed by atoms with Crippen molar-refractivity contribution >= 4 is 17.2 Å². The normalized spacial score (nSPS) is 17.6. The average molecular weight is 396 g/mol. The predicted octanol–water partition coefficient (Wildman–Crippen LogP) is 3.68. The van der Waals surface area contributed by atoms with Crippen LogP contribution in [-0.2, 0) is 4.79 Å². The number of anilines is 1. The summed E-state index contributed by atoms with van der Waals surface area (Å²) >= 11 is 0. The fourth-order valence-electron chi connectivity index (χ4n) is 4.41. The molecule has 0 bridgehead atoms. The van der Waals surface area contributed by atoms with Gasteiger partial charge in [0.2, 0.25) is 0 Å². The lowest BCUT2D eigenvalue weighted by molar-refractivity contribution is -0.136. The molecule has 2 aromatic carbocycles. The van der Waals surface area contributed by atoms with Crippen LogP contribution in [0.15, 0.2) is 48.0 Å². The summed E-state index contributed by atoms with van der Waals surface area (Å²) < 4.78 is 21.3. The van der Waals surface area contributed by atoms with Crippen LogP contribution in [0.4, 0.5) is 10.1 Å². The van der Waals surface area contributed by atoms with E-state index in [-0.39, 0.29) is 12.2 Å². The minimum absolute atomic E-state index is 0.138. The number of aliphatic carboxylic acids is 1. The predicted molar refractivity (Wildman–Crippen MR) is 111 cm³/mol. The van der Waals surface area contributed by atoms with Crippen LogP contribution < -0.4 is 15.0 Å². The fraction of sp³-hybridized carbons (Fsp3) is 0.348. The van der Waals surface area contributed by atoms with E-state index in [9.17, 15) is 14.3 Å². The lowest BCUT2D eigenvalue weighted by atomic mass is 9.75. The number of nitrogens with zero attached hydrogens (tertiary/aromatic N) is 1. The highest BCUT2D eigenvalue weighted by Gasteiger charge is 2.44. The summed E-state index contributed by atoms with van der Waals surface area (Å²) in [5, 5.41) is 13.0. The van der Waals surface area contributed by atoms with Crippen molar-refractivity contribution < 1.29 is 19.0 Å². The third kappa shape index (κ3) is 3.49. The maximum absolute atomic E-state index is 14.8. The van der Waals surface area contributed by atoms with Crippen molar-refractivity contribution in [2.75, 3.05) is 32.1 Å². The first-order chi connectivity index (χ1) is 13.9. The average Bonchev–Trinajstić information content (AvgIpc) is 2.68. The highest BCUT2D eigenvalue weighted by Crippen LogP contribution is 2.48. The van der Waals surface area contributed by atoms with Gasteiger partial charge in [0.25, 0.3) is 0 Å². The van der Waals surface area contributed by atoms with E-state index in [0.717, 1.165) is 35.5 Å². The first-order valence-corrected chi connectivity index (χ1v) is 9.83. The summed E-state index contributed by atoms with van der Waals surface area (Å²) in [4.78, 5) is 13.5. The molecule has 1 saturated heterocycles. The number of para-hydroxylation sites is 1. The zero-order valence-electron chi connectivity index (χ0n) is 16.7. The van der Waals surface area contributed by atoms with Gasteiger partial charge in [-0.3, -0.25) is 4.79 Å². The van der Waals surface area contributed by atoms with Crippen LogP contribution in [0, 0.1) is 5.82 Å². The smallest absolute Gasteiger partial charge is 0.307 e. The van der Waals surface area contributed by atoms with Gasteiger partial charge in [-0.1, -0.05) is 24.3 Å². The van der Waals surface area contributed by atoms with Gasteiger partial charge in [0.15, 0.2) is 0 Å². The second-order valence-corrected chi connectivity index (χ2v) is 7.83. The van der Waals surface area contributed by atoms with E-state index in [1.807, 2.05) is 30.3 Å². The Morgan fingerprint density at radius 3 is 2.59 bits per heavy atom. The van der Waals surface area contributed by atoms with E-state index in [0.29, 0.717) is 24.1 Å². The number of rotatable bonds is 4. The Morgan fingerprint density at radius 2 is 1.93 bits per heavy atom. The molecule has 0 aromatic heterocycles. The Balaban J connectivity index is 1.98. The number of ether oxygens (including phenoxy) is 1. The van der Waals surface area contributed by atoms with E-state index >= 15 is 0 Å². The largest absolute Gasteiger partial charge is 0.482 e. The molecule has 2 N–H and O–H groups in total. The molecule has 0 atom stereocenters. The molecule has 29 heavy (non-hydrogen) atoms. The van der Waals surface area contributed by atoms with Crippen molar-refractivity contribution in [2.45, 2.75) is 24.9 Å². The van der Waals surface area contributed by atoms with Gasteiger partial charge in [0.05, 0.1) is 12.1 Å². The maximum atomic E-state index is 14.8. The minimum atomic E-state index is -0.913. The number of fused-ring (bicyclic) bond motifs is 1. The van der Waals surface area contributed by atoms with E-state index in [4.69, 9.17) is 4.74 Å². The first kappa shape index (κ1) is 19.5. The van der Waals surface area contributed by atoms with Gasteiger partial charge in [0.1, 0.15) is 17.2 Å². The number of carboxylic acid groups (broad SMARTS) is 1. The molecule has 0 radical (unpaired) electrons. The van der Waals surface area contributed by atoms with Crippen molar-refractivity contribution in [3.63, 3.8) is 0 Å². The number of hydrogen-bond donors (Lipinski definition) is 2. The highest BCUT2D eigenvalue weighted by atomic mass is 19.1. The number of carboxylic acids is 1. The summed E-state index contributed by atoms with van der Waals surface area (Å²) in [5.74, 6) is -0.530. The Kier molecular flexibility index (Phi) is 5.04. The summed E-state index contributed by atoms with van der Waals surface area (Å²) in [5.41, 5.74) is 2.79. The van der Waals surface area contributed by atoms with Gasteiger partial charge in [-0.25, -0.2) is 4.39 Å². The number of nitrogens with one attached hydrogen (secondary N) is 1. The van der Waals surface area contributed by atoms with Crippen molar-refractivity contribution in [1.29, 1.82) is 0 Å². The standard InChI is InChI=1S/C23H25FN2O3/c1-26(2)19-8-7-15(13-18(19)24)22-16-5-3-4-6-20(16)29-23(9-11-25-12-10-23)17(22)14-21(27)28/h3-8,13,25H,9-12,14H2,1-2H3,(H,27,28). The number of carbonyl (C=O) groups is 1. The van der Waals surface area contributed by atoms with Gasteiger partial charge in [-0.2, -0.15) is 0 Å². The van der Waals surface area contributed by atoms with E-state index in [1.54, 1.807) is 25.1 Å². The summed E-state index contributed by atoms with van der Waals surface area (Å²) in [7, 11) is 3.59. The van der Waals surface area contributed by atoms with Crippen LogP contribution in [0.25, 0.3) is 5.57 Å². The van der Waals surface area contributed by atoms with Crippen LogP contribution in [0.2, 0.25) is 0 Å². The first-order valence-electron chi connectivity index (χ1n) is 9.83. The van der Waals surface area contributed by atoms with Crippen molar-refractivity contribution in [1.82, 2.24) is 5.32 Å². The number of hydrogen-bond acceptors (Lipinski definition) is 4. The van der Waals surface area contributed by atoms with E-state index in [2.05, 4.69) is 5.32 Å². The summed E-state index contributed by atoms with van der Waals surface area (Å²) in [6.07, 6.45) is 1.21. The molecule has 152 valence electrons. The molecule has 1 spiro atoms. The lowest BCUT2D eigenvalue weighted by Gasteiger charge is -2.44. The quantitative estimate of drug-likeness (QED) is 0.826. The summed E-state index contributed by atoms with van der Waals surface area (Å²) in [6.45, 7) is 1.49. The topological polar surface area (TPSA) is 61.8 Å². The Labute approximate surface area is 169 Å². The van der Waals surface area contributed by atoms with Crippen LogP contribution in [0.3, 0.4) is 0 Å². The Hall–Kier alpha value is -2.86. The molecule has 2 aromatic rings. The van der Waals surface area contributed by atoms with Crippen molar-refractivity contribution in [2.24, 2.45) is 0 Å². The lowest BCUT2D eigenvalue weighted by Crippen LogP contribution is -2.50. The third-order valence-electron chi connectivity index (χ3n) is 5.77. The molecule has 2 aliphatic heterocycles. The zero-order valence-corrected chi connectivity index (χ0v) is 16.7. The van der Waals surface area contributed by atoms with Gasteiger partial charge in [-0.05, 0) is 48.0 Å². The number of piperidine rings is 1. The van der Waals surface area contributed by atoms with Crippen LogP contribution in [-0.4, -0.2) is 43.9 Å². The third-order valence-corrected chi connectivity index (χ3v) is 5.77. The summed E-state index contributed by atoms with van der Waals surface area (Å²) in [6, 6.07) is 12.7. The molecule has 0 amide bonds. The molecular weight excluding hydrogens is 371 g/mol. The zero-order chi connectivity index (χ0) is 20.6. The number of halogens is 1. The SMILES string of the molecule is CN(C)c1ccc(C2=C(CC(=O)O)C3(CCNCC3)Oc3ccccc32)cc1F. The fourth-order valence-corrected chi connectivity index (χ4v) is 4.41. The molecule has 1 fully saturated rings.